The molecule has 7 heteroatoms. The number of amides is 1. The summed E-state index contributed by atoms with van der Waals surface area (Å²) in [5.74, 6) is -0.864. The molecule has 0 spiro atoms. The fourth-order valence-corrected chi connectivity index (χ4v) is 5.03. The number of fused-ring (bicyclic) bond motifs is 1. The zero-order valence-corrected chi connectivity index (χ0v) is 14.6. The smallest absolute Gasteiger partial charge is 0.311 e. The Hall–Kier alpha value is -1.89. The summed E-state index contributed by atoms with van der Waals surface area (Å²) in [6.45, 7) is 1.56. The van der Waals surface area contributed by atoms with Crippen molar-refractivity contribution in [2.45, 2.75) is 38.2 Å². The van der Waals surface area contributed by atoms with Crippen LogP contribution in [0, 0.1) is 17.3 Å². The minimum absolute atomic E-state index is 0.0425. The number of aliphatic carboxylic acids is 1. The predicted molar refractivity (Wildman–Crippen MR) is 88.6 cm³/mol. The molecule has 1 aromatic rings. The van der Waals surface area contributed by atoms with Crippen LogP contribution in [0.1, 0.15) is 43.9 Å². The maximum Gasteiger partial charge on any atom is 0.311 e. The Morgan fingerprint density at radius 3 is 2.88 bits per heavy atom. The zero-order valence-electron chi connectivity index (χ0n) is 14.6. The summed E-state index contributed by atoms with van der Waals surface area (Å²) in [5, 5.41) is 13.9. The van der Waals surface area contributed by atoms with E-state index in [9.17, 15) is 14.7 Å². The fraction of sp³-hybridized carbons (Fsp3) is 0.722. The summed E-state index contributed by atoms with van der Waals surface area (Å²) in [6, 6.07) is 1.90. The quantitative estimate of drug-likeness (QED) is 0.898. The molecule has 1 N–H and O–H groups in total. The van der Waals surface area contributed by atoms with Gasteiger partial charge >= 0.3 is 5.97 Å². The van der Waals surface area contributed by atoms with Crippen molar-refractivity contribution in [3.63, 3.8) is 0 Å². The van der Waals surface area contributed by atoms with E-state index in [1.807, 2.05) is 13.1 Å². The van der Waals surface area contributed by atoms with Gasteiger partial charge in [0, 0.05) is 32.9 Å². The first-order valence-corrected chi connectivity index (χ1v) is 9.14. The highest BCUT2D eigenvalue weighted by atomic mass is 16.5. The van der Waals surface area contributed by atoms with E-state index >= 15 is 0 Å². The number of aryl methyl sites for hydroxylation is 1. The number of nitrogens with zero attached hydrogens (tertiary/aromatic N) is 3. The van der Waals surface area contributed by atoms with Crippen molar-refractivity contribution in [3.05, 3.63) is 18.0 Å². The molecule has 4 atom stereocenters. The van der Waals surface area contributed by atoms with Gasteiger partial charge in [-0.3, -0.25) is 14.3 Å². The van der Waals surface area contributed by atoms with E-state index in [4.69, 9.17) is 4.74 Å². The molecule has 0 bridgehead atoms. The first kappa shape index (κ1) is 16.6. The number of rotatable bonds is 3. The van der Waals surface area contributed by atoms with Crippen molar-refractivity contribution in [2.24, 2.45) is 24.3 Å². The summed E-state index contributed by atoms with van der Waals surface area (Å²) < 4.78 is 7.70. The van der Waals surface area contributed by atoms with Gasteiger partial charge in [-0.15, -0.1) is 0 Å². The van der Waals surface area contributed by atoms with Crippen LogP contribution < -0.4 is 0 Å². The van der Waals surface area contributed by atoms with Gasteiger partial charge in [-0.05, 0) is 37.7 Å². The molecule has 2 saturated heterocycles. The number of ether oxygens (including phenoxy) is 1. The largest absolute Gasteiger partial charge is 0.481 e. The lowest BCUT2D eigenvalue weighted by Crippen LogP contribution is -2.42. The van der Waals surface area contributed by atoms with Crippen molar-refractivity contribution in [1.29, 1.82) is 0 Å². The van der Waals surface area contributed by atoms with Crippen molar-refractivity contribution < 1.29 is 19.4 Å². The standard InChI is InChI=1S/C18H25N3O4/c1-20-14(6-8-19-20)15-13(5-3-9-25-15)16(22)21-10-12-4-2-7-18(12,11-21)17(23)24/h6,8,12-13,15H,2-5,7,9-11H2,1H3,(H,23,24)/t12-,13+,15+,18+/m0/s1. The minimum Gasteiger partial charge on any atom is -0.481 e. The third kappa shape index (κ3) is 2.56. The molecular formula is C18H25N3O4. The van der Waals surface area contributed by atoms with Crippen LogP contribution in [-0.2, 0) is 21.4 Å². The van der Waals surface area contributed by atoms with Crippen LogP contribution in [0.5, 0.6) is 0 Å². The maximum absolute atomic E-state index is 13.2. The van der Waals surface area contributed by atoms with Crippen LogP contribution in [0.3, 0.4) is 0 Å². The Bertz CT molecular complexity index is 688. The van der Waals surface area contributed by atoms with Gasteiger partial charge in [-0.2, -0.15) is 5.10 Å². The molecule has 4 rings (SSSR count). The van der Waals surface area contributed by atoms with Crippen molar-refractivity contribution in [3.8, 4) is 0 Å². The Labute approximate surface area is 146 Å². The van der Waals surface area contributed by atoms with Gasteiger partial charge in [0.05, 0.1) is 17.0 Å². The van der Waals surface area contributed by atoms with Crippen LogP contribution in [0.4, 0.5) is 0 Å². The lowest BCUT2D eigenvalue weighted by atomic mass is 9.81. The Balaban J connectivity index is 1.56. The number of carbonyl (C=O) groups excluding carboxylic acids is 1. The molecule has 1 amide bonds. The van der Waals surface area contributed by atoms with Gasteiger partial charge in [0.25, 0.3) is 0 Å². The fourth-order valence-electron chi connectivity index (χ4n) is 5.03. The van der Waals surface area contributed by atoms with Crippen LogP contribution in [-0.4, -0.2) is 51.4 Å². The molecule has 0 unspecified atom stereocenters. The summed E-state index contributed by atoms with van der Waals surface area (Å²) in [5.41, 5.74) is 0.179. The van der Waals surface area contributed by atoms with Gasteiger partial charge in [-0.1, -0.05) is 6.42 Å². The molecule has 0 radical (unpaired) electrons. The maximum atomic E-state index is 13.2. The van der Waals surface area contributed by atoms with Gasteiger partial charge in [-0.25, -0.2) is 0 Å². The van der Waals surface area contributed by atoms with E-state index in [0.29, 0.717) is 26.1 Å². The molecule has 1 aliphatic carbocycles. The monoisotopic (exact) mass is 347 g/mol. The molecule has 25 heavy (non-hydrogen) atoms. The topological polar surface area (TPSA) is 84.7 Å². The summed E-state index contributed by atoms with van der Waals surface area (Å²) in [4.78, 5) is 26.9. The summed E-state index contributed by atoms with van der Waals surface area (Å²) >= 11 is 0. The van der Waals surface area contributed by atoms with Gasteiger partial charge in [0.1, 0.15) is 6.10 Å². The molecule has 3 fully saturated rings. The average molecular weight is 347 g/mol. The second-order valence-electron chi connectivity index (χ2n) is 7.69. The average Bonchev–Trinajstić information content (AvgIpc) is 3.28. The van der Waals surface area contributed by atoms with Crippen molar-refractivity contribution in [2.75, 3.05) is 19.7 Å². The van der Waals surface area contributed by atoms with E-state index in [1.165, 1.54) is 0 Å². The zero-order chi connectivity index (χ0) is 17.6. The molecule has 1 aromatic heterocycles. The molecule has 3 heterocycles. The van der Waals surface area contributed by atoms with Crippen molar-refractivity contribution in [1.82, 2.24) is 14.7 Å². The highest BCUT2D eigenvalue weighted by Gasteiger charge is 2.56. The number of carbonyl (C=O) groups is 2. The highest BCUT2D eigenvalue weighted by Crippen LogP contribution is 2.49. The van der Waals surface area contributed by atoms with Crippen LogP contribution >= 0.6 is 0 Å². The molecule has 2 aliphatic heterocycles. The Kier molecular flexibility index (Phi) is 4.06. The van der Waals surface area contributed by atoms with Crippen LogP contribution in [0.2, 0.25) is 0 Å². The van der Waals surface area contributed by atoms with E-state index in [-0.39, 0.29) is 23.8 Å². The number of aromatic nitrogens is 2. The Morgan fingerprint density at radius 1 is 1.36 bits per heavy atom. The number of hydrogen-bond donors (Lipinski definition) is 1. The van der Waals surface area contributed by atoms with Gasteiger partial charge < -0.3 is 14.7 Å². The van der Waals surface area contributed by atoms with Gasteiger partial charge in [0.2, 0.25) is 5.91 Å². The number of likely N-dealkylation sites (tertiary alicyclic amines) is 1. The second-order valence-corrected chi connectivity index (χ2v) is 7.69. The number of hydrogen-bond acceptors (Lipinski definition) is 4. The third-order valence-corrected chi connectivity index (χ3v) is 6.40. The molecule has 7 nitrogen and oxygen atoms in total. The van der Waals surface area contributed by atoms with Crippen LogP contribution in [0.15, 0.2) is 12.3 Å². The number of carboxylic acids is 1. The van der Waals surface area contributed by atoms with E-state index in [1.54, 1.807) is 15.8 Å². The lowest BCUT2D eigenvalue weighted by molar-refractivity contribution is -0.150. The summed E-state index contributed by atoms with van der Waals surface area (Å²) in [6.07, 6.45) is 5.58. The molecular weight excluding hydrogens is 322 g/mol. The number of carboxylic acid groups (broad SMARTS) is 1. The molecule has 136 valence electrons. The third-order valence-electron chi connectivity index (χ3n) is 6.40. The first-order valence-electron chi connectivity index (χ1n) is 9.14. The molecule has 1 saturated carbocycles. The summed E-state index contributed by atoms with van der Waals surface area (Å²) in [7, 11) is 1.86. The SMILES string of the molecule is Cn1nccc1[C@@H]1OCCC[C@H]1C(=O)N1C[C@@H]2CCC[C@@]2(C(=O)O)C1. The normalized spacial score (nSPS) is 34.9. The van der Waals surface area contributed by atoms with E-state index < -0.39 is 11.4 Å². The first-order chi connectivity index (χ1) is 12.0. The highest BCUT2D eigenvalue weighted by molar-refractivity contribution is 5.83. The lowest BCUT2D eigenvalue weighted by Gasteiger charge is -2.34. The predicted octanol–water partition coefficient (Wildman–Crippen LogP) is 1.60. The van der Waals surface area contributed by atoms with Crippen LogP contribution in [0.25, 0.3) is 0 Å². The van der Waals surface area contributed by atoms with Gasteiger partial charge in [0.15, 0.2) is 0 Å². The minimum atomic E-state index is -0.742. The van der Waals surface area contributed by atoms with E-state index in [0.717, 1.165) is 31.4 Å². The Morgan fingerprint density at radius 2 is 2.20 bits per heavy atom. The molecule has 3 aliphatic rings. The molecule has 0 aromatic carbocycles. The van der Waals surface area contributed by atoms with E-state index in [2.05, 4.69) is 5.10 Å². The van der Waals surface area contributed by atoms with Crippen molar-refractivity contribution >= 4 is 11.9 Å². The second kappa shape index (κ2) is 6.12.